The summed E-state index contributed by atoms with van der Waals surface area (Å²) < 4.78 is 11.2. The van der Waals surface area contributed by atoms with Gasteiger partial charge in [0.15, 0.2) is 5.75 Å². The van der Waals surface area contributed by atoms with Gasteiger partial charge >= 0.3 is 5.97 Å². The minimum absolute atomic E-state index is 0.237. The minimum atomic E-state index is -0.237. The molecular weight excluding hydrogens is 422 g/mol. The van der Waals surface area contributed by atoms with Gasteiger partial charge in [0.25, 0.3) is 0 Å². The van der Waals surface area contributed by atoms with Crippen LogP contribution in [0.2, 0.25) is 5.02 Å². The van der Waals surface area contributed by atoms with Gasteiger partial charge in [-0.05, 0) is 37.1 Å². The van der Waals surface area contributed by atoms with Gasteiger partial charge in [0.1, 0.15) is 5.75 Å². The van der Waals surface area contributed by atoms with Gasteiger partial charge in [-0.2, -0.15) is 0 Å². The number of rotatable bonds is 16. The van der Waals surface area contributed by atoms with E-state index in [-0.39, 0.29) is 5.97 Å². The Bertz CT molecular complexity index is 792. The lowest BCUT2D eigenvalue weighted by molar-refractivity contribution is -0.134. The number of carbonyl (C=O) groups excluding carboxylic acids is 1. The van der Waals surface area contributed by atoms with Gasteiger partial charge < -0.3 is 9.47 Å². The fourth-order valence-electron chi connectivity index (χ4n) is 3.53. The number of unbranched alkanes of at least 4 members (excludes halogenated alkanes) is 9. The van der Waals surface area contributed by atoms with Crippen molar-refractivity contribution < 1.29 is 14.3 Å². The van der Waals surface area contributed by atoms with Crippen molar-refractivity contribution in [3.8, 4) is 22.8 Å². The first-order valence-electron chi connectivity index (χ1n) is 12.2. The van der Waals surface area contributed by atoms with Crippen LogP contribution >= 0.6 is 11.6 Å². The molecule has 176 valence electrons. The number of halogens is 1. The van der Waals surface area contributed by atoms with E-state index in [9.17, 15) is 4.79 Å². The van der Waals surface area contributed by atoms with Crippen LogP contribution in [0.1, 0.15) is 90.9 Å². The molecule has 0 saturated carbocycles. The van der Waals surface area contributed by atoms with Crippen molar-refractivity contribution >= 4 is 17.6 Å². The highest BCUT2D eigenvalue weighted by molar-refractivity contribution is 6.33. The van der Waals surface area contributed by atoms with Crippen molar-refractivity contribution in [3.05, 3.63) is 41.6 Å². The molecule has 2 aromatic rings. The highest BCUT2D eigenvalue weighted by atomic mass is 35.5. The van der Waals surface area contributed by atoms with Crippen LogP contribution in [0.4, 0.5) is 0 Å². The zero-order chi connectivity index (χ0) is 23.0. The second-order valence-corrected chi connectivity index (χ2v) is 8.69. The Labute approximate surface area is 198 Å². The number of nitrogens with zero attached hydrogens (tertiary/aromatic N) is 1. The van der Waals surface area contributed by atoms with E-state index in [1.54, 1.807) is 12.3 Å². The first kappa shape index (κ1) is 26.2. The van der Waals surface area contributed by atoms with Crippen molar-refractivity contribution in [1.82, 2.24) is 4.98 Å². The number of hydrogen-bond donors (Lipinski definition) is 0. The fourth-order valence-corrected chi connectivity index (χ4v) is 3.79. The number of carbonyl (C=O) groups is 1. The molecule has 0 spiro atoms. The molecule has 0 atom stereocenters. The average molecular weight is 460 g/mol. The maximum atomic E-state index is 12.0. The van der Waals surface area contributed by atoms with Crippen LogP contribution in [0.25, 0.3) is 11.3 Å². The summed E-state index contributed by atoms with van der Waals surface area (Å²) in [7, 11) is 0. The van der Waals surface area contributed by atoms with E-state index >= 15 is 0 Å². The molecule has 0 bridgehead atoms. The largest absolute Gasteiger partial charge is 0.494 e. The molecule has 32 heavy (non-hydrogen) atoms. The Hall–Kier alpha value is -2.07. The summed E-state index contributed by atoms with van der Waals surface area (Å²) in [5, 5.41) is 0.457. The van der Waals surface area contributed by atoms with Crippen LogP contribution in [-0.4, -0.2) is 17.6 Å². The van der Waals surface area contributed by atoms with E-state index in [2.05, 4.69) is 18.8 Å². The molecule has 0 fully saturated rings. The van der Waals surface area contributed by atoms with E-state index < -0.39 is 0 Å². The van der Waals surface area contributed by atoms with E-state index in [1.807, 2.05) is 24.3 Å². The number of benzene rings is 1. The van der Waals surface area contributed by atoms with Crippen molar-refractivity contribution in [3.63, 3.8) is 0 Å². The van der Waals surface area contributed by atoms with E-state index in [0.29, 0.717) is 22.9 Å². The molecule has 0 amide bonds. The zero-order valence-electron chi connectivity index (χ0n) is 19.7. The van der Waals surface area contributed by atoms with Crippen LogP contribution in [-0.2, 0) is 4.79 Å². The third-order valence-corrected chi connectivity index (χ3v) is 5.71. The predicted molar refractivity (Wildman–Crippen MR) is 133 cm³/mol. The topological polar surface area (TPSA) is 48.4 Å². The second-order valence-electron chi connectivity index (χ2n) is 8.28. The summed E-state index contributed by atoms with van der Waals surface area (Å²) in [5.74, 6) is 0.998. The SMILES string of the molecule is CCCCCCCCOc1ccc(-c2ncc(OC(=O)CCCCCCC)cc2Cl)cc1. The minimum Gasteiger partial charge on any atom is -0.494 e. The number of aromatic nitrogens is 1. The normalized spacial score (nSPS) is 10.8. The molecule has 1 aromatic heterocycles. The highest BCUT2D eigenvalue weighted by Crippen LogP contribution is 2.30. The Balaban J connectivity index is 1.79. The molecule has 0 aliphatic rings. The Morgan fingerprint density at radius 2 is 1.47 bits per heavy atom. The van der Waals surface area contributed by atoms with Crippen LogP contribution in [0.15, 0.2) is 36.5 Å². The quantitative estimate of drug-likeness (QED) is 0.187. The number of ether oxygens (including phenoxy) is 2. The molecule has 5 heteroatoms. The van der Waals surface area contributed by atoms with E-state index in [4.69, 9.17) is 21.1 Å². The third-order valence-electron chi connectivity index (χ3n) is 5.43. The molecular formula is C27H38ClNO3. The molecule has 0 unspecified atom stereocenters. The fraction of sp³-hybridized carbons (Fsp3) is 0.556. The zero-order valence-corrected chi connectivity index (χ0v) is 20.5. The molecule has 4 nitrogen and oxygen atoms in total. The van der Waals surface area contributed by atoms with Gasteiger partial charge in [0, 0.05) is 18.1 Å². The second kappa shape index (κ2) is 15.7. The third kappa shape index (κ3) is 10.0. The standard InChI is InChI=1S/C27H38ClNO3/c1-3-5-7-9-11-13-19-31-23-17-15-22(16-18-23)27-25(28)20-24(21-29-27)32-26(30)14-12-10-8-6-4-2/h15-18,20-21H,3-14,19H2,1-2H3. The number of esters is 1. The van der Waals surface area contributed by atoms with Gasteiger partial charge in [0.2, 0.25) is 0 Å². The van der Waals surface area contributed by atoms with E-state index in [1.165, 1.54) is 44.9 Å². The first-order chi connectivity index (χ1) is 15.6. The first-order valence-corrected chi connectivity index (χ1v) is 12.6. The summed E-state index contributed by atoms with van der Waals surface area (Å²) in [4.78, 5) is 16.4. The van der Waals surface area contributed by atoms with E-state index in [0.717, 1.165) is 43.6 Å². The highest BCUT2D eigenvalue weighted by Gasteiger charge is 2.10. The van der Waals surface area contributed by atoms with Gasteiger partial charge in [0.05, 0.1) is 23.5 Å². The molecule has 0 N–H and O–H groups in total. The molecule has 0 aliphatic carbocycles. The van der Waals surface area contributed by atoms with Crippen molar-refractivity contribution in [1.29, 1.82) is 0 Å². The number of hydrogen-bond acceptors (Lipinski definition) is 4. The van der Waals surface area contributed by atoms with Crippen LogP contribution in [0.5, 0.6) is 11.5 Å². The lowest BCUT2D eigenvalue weighted by atomic mass is 10.1. The van der Waals surface area contributed by atoms with Crippen molar-refractivity contribution in [2.24, 2.45) is 0 Å². The van der Waals surface area contributed by atoms with Gasteiger partial charge in [-0.25, -0.2) is 0 Å². The summed E-state index contributed by atoms with van der Waals surface area (Å²) >= 11 is 6.42. The Kier molecular flexibility index (Phi) is 12.8. The summed E-state index contributed by atoms with van der Waals surface area (Å²) in [6.07, 6.45) is 14.9. The molecule has 1 heterocycles. The van der Waals surface area contributed by atoms with Crippen LogP contribution in [0, 0.1) is 0 Å². The van der Waals surface area contributed by atoms with Gasteiger partial charge in [-0.3, -0.25) is 9.78 Å². The lowest BCUT2D eigenvalue weighted by Gasteiger charge is -2.09. The Morgan fingerprint density at radius 3 is 2.12 bits per heavy atom. The van der Waals surface area contributed by atoms with Crippen molar-refractivity contribution in [2.45, 2.75) is 90.9 Å². The maximum absolute atomic E-state index is 12.0. The summed E-state index contributed by atoms with van der Waals surface area (Å²) in [6, 6.07) is 9.44. The monoisotopic (exact) mass is 459 g/mol. The van der Waals surface area contributed by atoms with Gasteiger partial charge in [-0.15, -0.1) is 0 Å². The smallest absolute Gasteiger partial charge is 0.311 e. The molecule has 0 saturated heterocycles. The molecule has 1 aromatic carbocycles. The summed E-state index contributed by atoms with van der Waals surface area (Å²) in [5.41, 5.74) is 1.56. The maximum Gasteiger partial charge on any atom is 0.311 e. The Morgan fingerprint density at radius 1 is 0.844 bits per heavy atom. The lowest BCUT2D eigenvalue weighted by Crippen LogP contribution is -2.07. The van der Waals surface area contributed by atoms with Crippen LogP contribution < -0.4 is 9.47 Å². The molecule has 2 rings (SSSR count). The predicted octanol–water partition coefficient (Wildman–Crippen LogP) is 8.41. The van der Waals surface area contributed by atoms with Gasteiger partial charge in [-0.1, -0.05) is 83.2 Å². The molecule has 0 radical (unpaired) electrons. The molecule has 0 aliphatic heterocycles. The average Bonchev–Trinajstić information content (AvgIpc) is 2.79. The number of pyridine rings is 1. The van der Waals surface area contributed by atoms with Crippen molar-refractivity contribution in [2.75, 3.05) is 6.61 Å². The summed E-state index contributed by atoms with van der Waals surface area (Å²) in [6.45, 7) is 5.15. The van der Waals surface area contributed by atoms with Crippen LogP contribution in [0.3, 0.4) is 0 Å².